The van der Waals surface area contributed by atoms with Gasteiger partial charge in [0, 0.05) is 23.3 Å². The summed E-state index contributed by atoms with van der Waals surface area (Å²) in [4.78, 5) is 14.6. The maximum Gasteiger partial charge on any atom is 0.260 e. The van der Waals surface area contributed by atoms with Crippen molar-refractivity contribution in [2.75, 3.05) is 17.2 Å². The second kappa shape index (κ2) is 4.37. The summed E-state index contributed by atoms with van der Waals surface area (Å²) in [5.41, 5.74) is 9.08. The SMILES string of the molecule is CC1(C)CN(c2ccccc2)C(=O)c2c(N)cccc21. The third-order valence-electron chi connectivity index (χ3n) is 3.91. The quantitative estimate of drug-likeness (QED) is 0.806. The van der Waals surface area contributed by atoms with E-state index in [1.54, 1.807) is 6.07 Å². The fourth-order valence-corrected chi connectivity index (χ4v) is 2.88. The minimum atomic E-state index is -0.117. The Morgan fingerprint density at radius 2 is 1.75 bits per heavy atom. The van der Waals surface area contributed by atoms with Crippen molar-refractivity contribution in [3.8, 4) is 0 Å². The van der Waals surface area contributed by atoms with Crippen LogP contribution in [0.5, 0.6) is 0 Å². The lowest BCUT2D eigenvalue weighted by atomic mass is 9.77. The van der Waals surface area contributed by atoms with Gasteiger partial charge in [-0.2, -0.15) is 0 Å². The smallest absolute Gasteiger partial charge is 0.260 e. The van der Waals surface area contributed by atoms with Crippen LogP contribution in [0.4, 0.5) is 11.4 Å². The summed E-state index contributed by atoms with van der Waals surface area (Å²) >= 11 is 0. The number of carbonyl (C=O) groups is 1. The molecule has 1 amide bonds. The van der Waals surface area contributed by atoms with Gasteiger partial charge in [0.15, 0.2) is 0 Å². The van der Waals surface area contributed by atoms with Crippen molar-refractivity contribution < 1.29 is 4.79 Å². The van der Waals surface area contributed by atoms with Gasteiger partial charge in [-0.1, -0.05) is 44.2 Å². The van der Waals surface area contributed by atoms with Gasteiger partial charge in [-0.25, -0.2) is 0 Å². The Bertz CT molecular complexity index is 662. The molecule has 1 aliphatic heterocycles. The molecule has 2 aromatic carbocycles. The van der Waals surface area contributed by atoms with E-state index in [1.807, 2.05) is 47.4 Å². The van der Waals surface area contributed by atoms with Crippen LogP contribution in [0.2, 0.25) is 0 Å². The van der Waals surface area contributed by atoms with Crippen molar-refractivity contribution in [2.45, 2.75) is 19.3 Å². The maximum atomic E-state index is 12.8. The Balaban J connectivity index is 2.16. The average molecular weight is 266 g/mol. The number of carbonyl (C=O) groups excluding carboxylic acids is 1. The van der Waals surface area contributed by atoms with Gasteiger partial charge in [0.25, 0.3) is 5.91 Å². The predicted molar refractivity (Wildman–Crippen MR) is 82.0 cm³/mol. The molecule has 3 nitrogen and oxygen atoms in total. The van der Waals surface area contributed by atoms with Crippen LogP contribution in [0, 0.1) is 0 Å². The first-order valence-electron chi connectivity index (χ1n) is 6.76. The monoisotopic (exact) mass is 266 g/mol. The molecule has 0 unspecified atom stereocenters. The number of fused-ring (bicyclic) bond motifs is 1. The molecule has 1 aliphatic rings. The molecule has 3 heteroatoms. The zero-order chi connectivity index (χ0) is 14.3. The molecular weight excluding hydrogens is 248 g/mol. The van der Waals surface area contributed by atoms with E-state index in [-0.39, 0.29) is 11.3 Å². The van der Waals surface area contributed by atoms with Crippen LogP contribution in [-0.2, 0) is 5.41 Å². The molecule has 1 heterocycles. The molecule has 0 aliphatic carbocycles. The van der Waals surface area contributed by atoms with Gasteiger partial charge in [0.1, 0.15) is 0 Å². The molecule has 0 saturated carbocycles. The highest BCUT2D eigenvalue weighted by molar-refractivity contribution is 6.12. The summed E-state index contributed by atoms with van der Waals surface area (Å²) in [5, 5.41) is 0. The number of nitrogens with zero attached hydrogens (tertiary/aromatic N) is 1. The highest BCUT2D eigenvalue weighted by Gasteiger charge is 2.38. The first kappa shape index (κ1) is 12.7. The molecule has 0 aromatic heterocycles. The fraction of sp³-hybridized carbons (Fsp3) is 0.235. The first-order chi connectivity index (χ1) is 9.50. The van der Waals surface area contributed by atoms with Crippen LogP contribution in [0.15, 0.2) is 48.5 Å². The second-order valence-corrected chi connectivity index (χ2v) is 5.88. The van der Waals surface area contributed by atoms with Gasteiger partial charge in [-0.3, -0.25) is 4.79 Å². The summed E-state index contributed by atoms with van der Waals surface area (Å²) in [6.45, 7) is 4.95. The fourth-order valence-electron chi connectivity index (χ4n) is 2.88. The number of nitrogen functional groups attached to an aromatic ring is 1. The minimum Gasteiger partial charge on any atom is -0.398 e. The summed E-state index contributed by atoms with van der Waals surface area (Å²) in [6.07, 6.45) is 0. The van der Waals surface area contributed by atoms with Crippen LogP contribution in [0.25, 0.3) is 0 Å². The minimum absolute atomic E-state index is 0.0105. The van der Waals surface area contributed by atoms with E-state index in [0.29, 0.717) is 17.8 Å². The molecule has 0 atom stereocenters. The number of benzene rings is 2. The van der Waals surface area contributed by atoms with Crippen molar-refractivity contribution in [2.24, 2.45) is 0 Å². The van der Waals surface area contributed by atoms with Crippen molar-refractivity contribution in [1.82, 2.24) is 0 Å². The molecule has 0 bridgehead atoms. The predicted octanol–water partition coefficient (Wildman–Crippen LogP) is 3.21. The maximum absolute atomic E-state index is 12.8. The summed E-state index contributed by atoms with van der Waals surface area (Å²) in [5.74, 6) is -0.0105. The summed E-state index contributed by atoms with van der Waals surface area (Å²) in [6, 6.07) is 15.5. The molecule has 0 spiro atoms. The lowest BCUT2D eigenvalue weighted by Gasteiger charge is -2.40. The summed E-state index contributed by atoms with van der Waals surface area (Å²) in [7, 11) is 0. The Hall–Kier alpha value is -2.29. The van der Waals surface area contributed by atoms with Crippen LogP contribution < -0.4 is 10.6 Å². The number of hydrogen-bond donors (Lipinski definition) is 1. The Morgan fingerprint density at radius 3 is 2.45 bits per heavy atom. The number of amides is 1. The van der Waals surface area contributed by atoms with Crippen LogP contribution >= 0.6 is 0 Å². The van der Waals surface area contributed by atoms with Crippen molar-refractivity contribution >= 4 is 17.3 Å². The first-order valence-corrected chi connectivity index (χ1v) is 6.76. The van der Waals surface area contributed by atoms with Gasteiger partial charge < -0.3 is 10.6 Å². The van der Waals surface area contributed by atoms with Crippen LogP contribution in [-0.4, -0.2) is 12.5 Å². The van der Waals surface area contributed by atoms with E-state index in [2.05, 4.69) is 13.8 Å². The van der Waals surface area contributed by atoms with E-state index < -0.39 is 0 Å². The molecule has 3 rings (SSSR count). The number of anilines is 2. The van der Waals surface area contributed by atoms with Crippen molar-refractivity contribution in [3.05, 3.63) is 59.7 Å². The Morgan fingerprint density at radius 1 is 1.05 bits per heavy atom. The van der Waals surface area contributed by atoms with E-state index in [4.69, 9.17) is 5.73 Å². The lowest BCUT2D eigenvalue weighted by molar-refractivity contribution is 0.0970. The zero-order valence-corrected chi connectivity index (χ0v) is 11.8. The molecule has 2 aromatic rings. The molecule has 2 N–H and O–H groups in total. The van der Waals surface area contributed by atoms with E-state index in [1.165, 1.54) is 0 Å². The Labute approximate surface area is 119 Å². The van der Waals surface area contributed by atoms with Crippen LogP contribution in [0.1, 0.15) is 29.8 Å². The third kappa shape index (κ3) is 1.86. The molecule has 20 heavy (non-hydrogen) atoms. The van der Waals surface area contributed by atoms with Gasteiger partial charge >= 0.3 is 0 Å². The topological polar surface area (TPSA) is 46.3 Å². The lowest BCUT2D eigenvalue weighted by Crippen LogP contribution is -2.47. The second-order valence-electron chi connectivity index (χ2n) is 5.88. The highest BCUT2D eigenvalue weighted by Crippen LogP contribution is 2.37. The zero-order valence-electron chi connectivity index (χ0n) is 11.8. The highest BCUT2D eigenvalue weighted by atomic mass is 16.2. The van der Waals surface area contributed by atoms with Crippen LogP contribution in [0.3, 0.4) is 0 Å². The van der Waals surface area contributed by atoms with Gasteiger partial charge in [-0.15, -0.1) is 0 Å². The summed E-state index contributed by atoms with van der Waals surface area (Å²) < 4.78 is 0. The molecule has 102 valence electrons. The van der Waals surface area contributed by atoms with E-state index >= 15 is 0 Å². The largest absolute Gasteiger partial charge is 0.398 e. The van der Waals surface area contributed by atoms with Gasteiger partial charge in [0.05, 0.1) is 5.56 Å². The molecule has 0 radical (unpaired) electrons. The molecule has 0 fully saturated rings. The standard InChI is InChI=1S/C17H18N2O/c1-17(2)11-19(12-7-4-3-5-8-12)16(20)15-13(17)9-6-10-14(15)18/h3-10H,11,18H2,1-2H3. The van der Waals surface area contributed by atoms with Gasteiger partial charge in [0.2, 0.25) is 0 Å². The molecular formula is C17H18N2O. The van der Waals surface area contributed by atoms with Crippen molar-refractivity contribution in [3.63, 3.8) is 0 Å². The number of para-hydroxylation sites is 1. The molecule has 0 saturated heterocycles. The number of rotatable bonds is 1. The Kier molecular flexibility index (Phi) is 2.78. The normalized spacial score (nSPS) is 16.9. The average Bonchev–Trinajstić information content (AvgIpc) is 2.44. The van der Waals surface area contributed by atoms with Gasteiger partial charge in [-0.05, 0) is 23.8 Å². The van der Waals surface area contributed by atoms with E-state index in [9.17, 15) is 4.79 Å². The van der Waals surface area contributed by atoms with Crippen molar-refractivity contribution in [1.29, 1.82) is 0 Å². The number of hydrogen-bond acceptors (Lipinski definition) is 2. The third-order valence-corrected chi connectivity index (χ3v) is 3.91. The number of nitrogens with two attached hydrogens (primary N) is 1. The van der Waals surface area contributed by atoms with E-state index in [0.717, 1.165) is 11.3 Å².